The van der Waals surface area contributed by atoms with E-state index in [0.29, 0.717) is 25.3 Å². The van der Waals surface area contributed by atoms with Gasteiger partial charge in [0.15, 0.2) is 11.5 Å². The first-order valence-corrected chi connectivity index (χ1v) is 7.55. The highest BCUT2D eigenvalue weighted by molar-refractivity contribution is 6.04. The minimum atomic E-state index is -4.17. The fourth-order valence-electron chi connectivity index (χ4n) is 2.65. The summed E-state index contributed by atoms with van der Waals surface area (Å²) >= 11 is 0. The van der Waals surface area contributed by atoms with Crippen LogP contribution >= 0.6 is 0 Å². The number of hydrogen-bond donors (Lipinski definition) is 0. The number of rotatable bonds is 6. The van der Waals surface area contributed by atoms with E-state index in [-0.39, 0.29) is 31.0 Å². The van der Waals surface area contributed by atoms with E-state index >= 15 is 0 Å². The van der Waals surface area contributed by atoms with Gasteiger partial charge in [0.25, 0.3) is 5.78 Å². The van der Waals surface area contributed by atoms with Crippen molar-refractivity contribution in [2.45, 2.75) is 32.5 Å². The van der Waals surface area contributed by atoms with Crippen LogP contribution in [0.5, 0.6) is 0 Å². The van der Waals surface area contributed by atoms with Crippen LogP contribution in [0.15, 0.2) is 28.9 Å². The van der Waals surface area contributed by atoms with Crippen molar-refractivity contribution in [3.05, 3.63) is 36.0 Å². The molecule has 2 heterocycles. The molecule has 1 saturated heterocycles. The number of carbonyl (C=O) groups excluding carboxylic acids is 1. The number of ether oxygens (including phenoxy) is 1. The fourth-order valence-corrected chi connectivity index (χ4v) is 2.65. The van der Waals surface area contributed by atoms with Gasteiger partial charge in [-0.3, -0.25) is 9.69 Å². The lowest BCUT2D eigenvalue weighted by Crippen LogP contribution is -2.41. The lowest BCUT2D eigenvalue weighted by molar-refractivity contribution is -0.187. The van der Waals surface area contributed by atoms with Gasteiger partial charge in [0, 0.05) is 6.54 Å². The third kappa shape index (κ3) is 4.60. The summed E-state index contributed by atoms with van der Waals surface area (Å²) in [4.78, 5) is 13.6. The van der Waals surface area contributed by atoms with Crippen molar-refractivity contribution >= 4 is 5.78 Å². The Hall–Kier alpha value is -1.76. The van der Waals surface area contributed by atoms with Crippen LogP contribution in [0, 0.1) is 5.92 Å². The number of likely N-dealkylation sites (tertiary alicyclic amines) is 1. The summed E-state index contributed by atoms with van der Waals surface area (Å²) in [6.45, 7) is 6.37. The summed E-state index contributed by atoms with van der Waals surface area (Å²) in [7, 11) is 0. The molecular formula is C16H20F3NO3. The molecule has 0 spiro atoms. The predicted octanol–water partition coefficient (Wildman–Crippen LogP) is 3.79. The number of nitrogens with zero attached hydrogens (tertiary/aromatic N) is 1. The minimum Gasteiger partial charge on any atom is -0.490 e. The summed E-state index contributed by atoms with van der Waals surface area (Å²) in [6, 6.07) is 3.09. The molecule has 23 heavy (non-hydrogen) atoms. The zero-order chi connectivity index (χ0) is 17.0. The van der Waals surface area contributed by atoms with Crippen molar-refractivity contribution in [2.24, 2.45) is 5.92 Å². The van der Waals surface area contributed by atoms with Crippen LogP contribution in [0.1, 0.15) is 36.1 Å². The van der Waals surface area contributed by atoms with Crippen LogP contribution in [-0.4, -0.2) is 36.6 Å². The third-order valence-electron chi connectivity index (χ3n) is 3.81. The second-order valence-electron chi connectivity index (χ2n) is 5.57. The van der Waals surface area contributed by atoms with Crippen molar-refractivity contribution in [1.82, 2.24) is 4.90 Å². The molecule has 0 aliphatic carbocycles. The highest BCUT2D eigenvalue weighted by Crippen LogP contribution is 2.33. The maximum absolute atomic E-state index is 12.8. The molecule has 1 fully saturated rings. The number of ketones is 1. The number of carbonyl (C=O) groups is 1. The molecule has 0 N–H and O–H groups in total. The first-order valence-electron chi connectivity index (χ1n) is 7.55. The average Bonchev–Trinajstić information content (AvgIpc) is 2.94. The van der Waals surface area contributed by atoms with Crippen molar-refractivity contribution in [1.29, 1.82) is 0 Å². The van der Waals surface area contributed by atoms with Gasteiger partial charge < -0.3 is 9.15 Å². The van der Waals surface area contributed by atoms with E-state index in [1.165, 1.54) is 6.07 Å². The second kappa shape index (κ2) is 7.21. The first-order chi connectivity index (χ1) is 10.8. The molecule has 1 aliphatic rings. The van der Waals surface area contributed by atoms with E-state index in [1.54, 1.807) is 17.9 Å². The summed E-state index contributed by atoms with van der Waals surface area (Å²) < 4.78 is 48.9. The maximum Gasteiger partial charge on any atom is 0.393 e. The molecule has 4 nitrogen and oxygen atoms in total. The summed E-state index contributed by atoms with van der Waals surface area (Å²) in [5.74, 6) is -1.22. The van der Waals surface area contributed by atoms with Crippen LogP contribution in [0.2, 0.25) is 0 Å². The van der Waals surface area contributed by atoms with E-state index in [0.717, 1.165) is 0 Å². The molecule has 0 aromatic carbocycles. The van der Waals surface area contributed by atoms with Crippen LogP contribution in [0.25, 0.3) is 0 Å². The molecule has 2 rings (SSSR count). The number of furan rings is 1. The highest BCUT2D eigenvalue weighted by atomic mass is 19.4. The fraction of sp³-hybridized carbons (Fsp3) is 0.562. The van der Waals surface area contributed by atoms with Crippen molar-refractivity contribution in [3.8, 4) is 0 Å². The Morgan fingerprint density at radius 3 is 2.87 bits per heavy atom. The van der Waals surface area contributed by atoms with Crippen LogP contribution in [-0.2, 0) is 11.3 Å². The van der Waals surface area contributed by atoms with Crippen molar-refractivity contribution in [2.75, 3.05) is 19.7 Å². The average molecular weight is 331 g/mol. The summed E-state index contributed by atoms with van der Waals surface area (Å²) in [6.07, 6.45) is -3.51. The zero-order valence-corrected chi connectivity index (χ0v) is 13.0. The van der Waals surface area contributed by atoms with Crippen LogP contribution in [0.3, 0.4) is 0 Å². The van der Waals surface area contributed by atoms with E-state index < -0.39 is 17.9 Å². The number of allylic oxidation sites excluding steroid dienone is 1. The van der Waals surface area contributed by atoms with Gasteiger partial charge in [-0.05, 0) is 38.4 Å². The van der Waals surface area contributed by atoms with Gasteiger partial charge in [-0.25, -0.2) is 0 Å². The SMILES string of the molecule is C=C(OCC)C(=O)c1ccc(CN2CCCC(C(F)(F)F)C2)o1. The van der Waals surface area contributed by atoms with Crippen LogP contribution < -0.4 is 0 Å². The Morgan fingerprint density at radius 1 is 1.48 bits per heavy atom. The van der Waals surface area contributed by atoms with Crippen molar-refractivity contribution < 1.29 is 27.1 Å². The lowest BCUT2D eigenvalue weighted by Gasteiger charge is -2.33. The zero-order valence-electron chi connectivity index (χ0n) is 13.0. The second-order valence-corrected chi connectivity index (χ2v) is 5.57. The standard InChI is InChI=1S/C16H20F3NO3/c1-3-22-11(2)15(21)14-7-6-13(23-14)10-20-8-4-5-12(9-20)16(17,18)19/h6-7,12H,2-5,8-10H2,1H3. The molecule has 128 valence electrons. The number of piperidine rings is 1. The summed E-state index contributed by atoms with van der Waals surface area (Å²) in [5, 5.41) is 0. The molecule has 0 bridgehead atoms. The number of halogens is 3. The number of hydrogen-bond acceptors (Lipinski definition) is 4. The molecule has 0 radical (unpaired) electrons. The first kappa shape index (κ1) is 17.6. The largest absolute Gasteiger partial charge is 0.490 e. The van der Waals surface area contributed by atoms with Gasteiger partial charge in [-0.2, -0.15) is 13.2 Å². The van der Waals surface area contributed by atoms with Gasteiger partial charge in [-0.15, -0.1) is 0 Å². The molecule has 1 unspecified atom stereocenters. The predicted molar refractivity (Wildman–Crippen MR) is 77.9 cm³/mol. The Morgan fingerprint density at radius 2 is 2.22 bits per heavy atom. The monoisotopic (exact) mass is 331 g/mol. The molecular weight excluding hydrogens is 311 g/mol. The number of alkyl halides is 3. The quantitative estimate of drug-likeness (QED) is 0.452. The van der Waals surface area contributed by atoms with E-state index in [2.05, 4.69) is 6.58 Å². The third-order valence-corrected chi connectivity index (χ3v) is 3.81. The Bertz CT molecular complexity index is 565. The topological polar surface area (TPSA) is 42.7 Å². The minimum absolute atomic E-state index is 0.0106. The normalized spacial score (nSPS) is 19.6. The number of Topliss-reactive ketones (excluding diaryl/α,β-unsaturated/α-hetero) is 1. The van der Waals surface area contributed by atoms with Gasteiger partial charge >= 0.3 is 6.18 Å². The van der Waals surface area contributed by atoms with E-state index in [4.69, 9.17) is 9.15 Å². The molecule has 0 saturated carbocycles. The molecule has 7 heteroatoms. The van der Waals surface area contributed by atoms with Crippen LogP contribution in [0.4, 0.5) is 13.2 Å². The molecule has 0 amide bonds. The molecule has 1 aromatic rings. The Kier molecular flexibility index (Phi) is 5.51. The smallest absolute Gasteiger partial charge is 0.393 e. The van der Waals surface area contributed by atoms with Gasteiger partial charge in [0.2, 0.25) is 0 Å². The van der Waals surface area contributed by atoms with Gasteiger partial charge in [-0.1, -0.05) is 6.58 Å². The van der Waals surface area contributed by atoms with E-state index in [1.807, 2.05) is 0 Å². The van der Waals surface area contributed by atoms with Gasteiger partial charge in [0.05, 0.1) is 19.1 Å². The summed E-state index contributed by atoms with van der Waals surface area (Å²) in [5.41, 5.74) is 0. The molecule has 1 atom stereocenters. The Labute approximate surface area is 132 Å². The molecule has 1 aromatic heterocycles. The lowest BCUT2D eigenvalue weighted by atomic mass is 9.97. The highest BCUT2D eigenvalue weighted by Gasteiger charge is 2.41. The molecule has 1 aliphatic heterocycles. The van der Waals surface area contributed by atoms with E-state index in [9.17, 15) is 18.0 Å². The Balaban J connectivity index is 1.96. The van der Waals surface area contributed by atoms with Crippen molar-refractivity contribution in [3.63, 3.8) is 0 Å². The maximum atomic E-state index is 12.8. The van der Waals surface area contributed by atoms with Gasteiger partial charge in [0.1, 0.15) is 5.76 Å².